The molecule has 11 nitrogen and oxygen atoms in total. The van der Waals surface area contributed by atoms with Crippen LogP contribution in [0, 0.1) is 5.92 Å². The van der Waals surface area contributed by atoms with Gasteiger partial charge in [0, 0.05) is 12.8 Å². The number of carbonyl (C=O) groups is 4. The summed E-state index contributed by atoms with van der Waals surface area (Å²) in [6.45, 7) is 3.30. The molecule has 2 rings (SSSR count). The van der Waals surface area contributed by atoms with E-state index in [0.29, 0.717) is 11.1 Å². The van der Waals surface area contributed by atoms with Crippen molar-refractivity contribution in [2.24, 2.45) is 11.7 Å². The topological polar surface area (TPSA) is 191 Å². The predicted molar refractivity (Wildman–Crippen MR) is 136 cm³/mol. The standard InChI is InChI=1S/C26H34N4O7/c1-15(2)11-22(26(36)37)30-25(35)21(13-17-5-9-19(32)10-6-17)29-24(34)20(28-23(33)14-27)12-16-3-7-18(31)8-4-16/h3-10,15,20-22,31-32H,11-14,27H2,1-2H3,(H,28,33)(H,29,34)(H,30,35)(H,36,37). The predicted octanol–water partition coefficient (Wildman–Crippen LogP) is 0.427. The summed E-state index contributed by atoms with van der Waals surface area (Å²) in [5, 5.41) is 36.3. The van der Waals surface area contributed by atoms with Crippen LogP contribution in [0.3, 0.4) is 0 Å². The first-order chi connectivity index (χ1) is 17.5. The van der Waals surface area contributed by atoms with Gasteiger partial charge in [-0.05, 0) is 47.7 Å². The number of hydrogen-bond donors (Lipinski definition) is 7. The molecule has 0 aliphatic rings. The molecule has 0 aliphatic heterocycles. The quantitative estimate of drug-likeness (QED) is 0.200. The molecule has 0 saturated heterocycles. The number of carboxylic acids is 1. The van der Waals surface area contributed by atoms with E-state index in [1.165, 1.54) is 24.3 Å². The second-order valence-electron chi connectivity index (χ2n) is 9.16. The van der Waals surface area contributed by atoms with Crippen LogP contribution in [-0.2, 0) is 32.0 Å². The van der Waals surface area contributed by atoms with Gasteiger partial charge in [0.2, 0.25) is 17.7 Å². The van der Waals surface area contributed by atoms with Crippen molar-refractivity contribution in [3.8, 4) is 11.5 Å². The average molecular weight is 515 g/mol. The number of benzene rings is 2. The van der Waals surface area contributed by atoms with E-state index in [-0.39, 0.29) is 43.2 Å². The molecule has 200 valence electrons. The molecule has 3 atom stereocenters. The van der Waals surface area contributed by atoms with Crippen LogP contribution in [0.25, 0.3) is 0 Å². The molecule has 0 heterocycles. The molecule has 0 fully saturated rings. The summed E-state index contributed by atoms with van der Waals surface area (Å²) in [6.07, 6.45) is 0.246. The minimum Gasteiger partial charge on any atom is -0.508 e. The molecule has 3 unspecified atom stereocenters. The second-order valence-corrected chi connectivity index (χ2v) is 9.16. The molecule has 0 aliphatic carbocycles. The number of amides is 3. The van der Waals surface area contributed by atoms with Crippen LogP contribution in [0.2, 0.25) is 0 Å². The third-order valence-electron chi connectivity index (χ3n) is 5.54. The van der Waals surface area contributed by atoms with Gasteiger partial charge in [-0.15, -0.1) is 0 Å². The Morgan fingerprint density at radius 3 is 1.51 bits per heavy atom. The Morgan fingerprint density at radius 1 is 0.730 bits per heavy atom. The van der Waals surface area contributed by atoms with E-state index < -0.39 is 41.8 Å². The van der Waals surface area contributed by atoms with Crippen LogP contribution >= 0.6 is 0 Å². The lowest BCUT2D eigenvalue weighted by atomic mass is 10.0. The fraction of sp³-hybridized carbons (Fsp3) is 0.385. The highest BCUT2D eigenvalue weighted by Crippen LogP contribution is 2.14. The molecule has 8 N–H and O–H groups in total. The minimum atomic E-state index is -1.20. The summed E-state index contributed by atoms with van der Waals surface area (Å²) in [6, 6.07) is 8.65. The van der Waals surface area contributed by atoms with Crippen LogP contribution in [-0.4, -0.2) is 63.7 Å². The number of nitrogens with two attached hydrogens (primary N) is 1. The number of aromatic hydroxyl groups is 2. The number of phenols is 2. The van der Waals surface area contributed by atoms with Gasteiger partial charge in [-0.3, -0.25) is 14.4 Å². The van der Waals surface area contributed by atoms with E-state index in [4.69, 9.17) is 5.73 Å². The molecule has 37 heavy (non-hydrogen) atoms. The first-order valence-corrected chi connectivity index (χ1v) is 11.9. The van der Waals surface area contributed by atoms with Crippen LogP contribution in [0.4, 0.5) is 0 Å². The Hall–Kier alpha value is -4.12. The molecule has 2 aromatic carbocycles. The summed E-state index contributed by atoms with van der Waals surface area (Å²) in [5.41, 5.74) is 6.65. The van der Waals surface area contributed by atoms with Crippen molar-refractivity contribution in [3.05, 3.63) is 59.7 Å². The van der Waals surface area contributed by atoms with Gasteiger partial charge in [0.1, 0.15) is 29.6 Å². The van der Waals surface area contributed by atoms with E-state index in [9.17, 15) is 34.5 Å². The Balaban J connectivity index is 2.29. The molecule has 0 saturated carbocycles. The summed E-state index contributed by atoms with van der Waals surface area (Å²) in [5.74, 6) is -3.11. The maximum atomic E-state index is 13.3. The minimum absolute atomic E-state index is 0.00261. The van der Waals surface area contributed by atoms with Crippen molar-refractivity contribution in [1.29, 1.82) is 0 Å². The van der Waals surface area contributed by atoms with E-state index in [1.807, 2.05) is 13.8 Å². The van der Waals surface area contributed by atoms with E-state index in [2.05, 4.69) is 16.0 Å². The smallest absolute Gasteiger partial charge is 0.326 e. The largest absolute Gasteiger partial charge is 0.508 e. The fourth-order valence-corrected chi connectivity index (χ4v) is 3.64. The van der Waals surface area contributed by atoms with Crippen LogP contribution in [0.1, 0.15) is 31.4 Å². The number of rotatable bonds is 13. The Labute approximate surface area is 215 Å². The third-order valence-corrected chi connectivity index (χ3v) is 5.54. The number of carbonyl (C=O) groups excluding carboxylic acids is 3. The van der Waals surface area contributed by atoms with Crippen molar-refractivity contribution in [2.75, 3.05) is 6.54 Å². The van der Waals surface area contributed by atoms with Gasteiger partial charge in [0.25, 0.3) is 0 Å². The van der Waals surface area contributed by atoms with Crippen molar-refractivity contribution < 1.29 is 34.5 Å². The average Bonchev–Trinajstić information content (AvgIpc) is 2.84. The van der Waals surface area contributed by atoms with E-state index in [0.717, 1.165) is 0 Å². The Kier molecular flexibility index (Phi) is 10.9. The van der Waals surface area contributed by atoms with Gasteiger partial charge in [-0.2, -0.15) is 0 Å². The molecular weight excluding hydrogens is 480 g/mol. The highest BCUT2D eigenvalue weighted by molar-refractivity contribution is 5.94. The Morgan fingerprint density at radius 2 is 1.14 bits per heavy atom. The normalized spacial score (nSPS) is 13.3. The molecule has 11 heteroatoms. The van der Waals surface area contributed by atoms with Crippen molar-refractivity contribution in [1.82, 2.24) is 16.0 Å². The maximum absolute atomic E-state index is 13.3. The SMILES string of the molecule is CC(C)CC(NC(=O)C(Cc1ccc(O)cc1)NC(=O)C(Cc1ccc(O)cc1)NC(=O)CN)C(=O)O. The zero-order valence-corrected chi connectivity index (χ0v) is 20.8. The van der Waals surface area contributed by atoms with Crippen molar-refractivity contribution in [3.63, 3.8) is 0 Å². The van der Waals surface area contributed by atoms with Crippen molar-refractivity contribution >= 4 is 23.7 Å². The monoisotopic (exact) mass is 514 g/mol. The van der Waals surface area contributed by atoms with Gasteiger partial charge in [0.05, 0.1) is 6.54 Å². The third kappa shape index (κ3) is 9.80. The summed E-state index contributed by atoms with van der Waals surface area (Å²) in [7, 11) is 0. The molecule has 0 aromatic heterocycles. The van der Waals surface area contributed by atoms with Crippen LogP contribution in [0.15, 0.2) is 48.5 Å². The molecule has 0 radical (unpaired) electrons. The molecule has 0 spiro atoms. The lowest BCUT2D eigenvalue weighted by Crippen LogP contribution is -2.57. The van der Waals surface area contributed by atoms with E-state index >= 15 is 0 Å². The number of carboxylic acid groups (broad SMARTS) is 1. The fourth-order valence-electron chi connectivity index (χ4n) is 3.64. The Bertz CT molecular complexity index is 1070. The summed E-state index contributed by atoms with van der Waals surface area (Å²) < 4.78 is 0. The first-order valence-electron chi connectivity index (χ1n) is 11.9. The van der Waals surface area contributed by atoms with Crippen LogP contribution < -0.4 is 21.7 Å². The van der Waals surface area contributed by atoms with Gasteiger partial charge < -0.3 is 37.0 Å². The lowest BCUT2D eigenvalue weighted by Gasteiger charge is -2.25. The lowest BCUT2D eigenvalue weighted by molar-refractivity contribution is -0.142. The highest BCUT2D eigenvalue weighted by Gasteiger charge is 2.30. The van der Waals surface area contributed by atoms with Gasteiger partial charge in [-0.25, -0.2) is 4.79 Å². The number of hydrogen-bond acceptors (Lipinski definition) is 7. The maximum Gasteiger partial charge on any atom is 0.326 e. The second kappa shape index (κ2) is 13.8. The molecule has 0 bridgehead atoms. The van der Waals surface area contributed by atoms with Crippen LogP contribution in [0.5, 0.6) is 11.5 Å². The number of phenolic OH excluding ortho intramolecular Hbond substituents is 2. The van der Waals surface area contributed by atoms with Gasteiger partial charge in [0.15, 0.2) is 0 Å². The molecule has 3 amide bonds. The highest BCUT2D eigenvalue weighted by atomic mass is 16.4. The molecular formula is C26H34N4O7. The van der Waals surface area contributed by atoms with Crippen molar-refractivity contribution in [2.45, 2.75) is 51.2 Å². The summed E-state index contributed by atoms with van der Waals surface area (Å²) in [4.78, 5) is 50.1. The number of nitrogens with one attached hydrogen (secondary N) is 3. The van der Waals surface area contributed by atoms with Gasteiger partial charge in [-0.1, -0.05) is 38.1 Å². The summed E-state index contributed by atoms with van der Waals surface area (Å²) >= 11 is 0. The molecule has 2 aromatic rings. The van der Waals surface area contributed by atoms with Gasteiger partial charge >= 0.3 is 5.97 Å². The zero-order valence-electron chi connectivity index (χ0n) is 20.8. The van der Waals surface area contributed by atoms with E-state index in [1.54, 1.807) is 24.3 Å². The zero-order chi connectivity index (χ0) is 27.5. The number of aliphatic carboxylic acids is 1. The first kappa shape index (κ1) is 29.1.